The Bertz CT molecular complexity index is 1090. The lowest BCUT2D eigenvalue weighted by Crippen LogP contribution is -2.04. The maximum Gasteiger partial charge on any atom is 0.196 e. The zero-order valence-corrected chi connectivity index (χ0v) is 15.6. The lowest BCUT2D eigenvalue weighted by Gasteiger charge is -2.08. The number of nitrogen functional groups attached to an aromatic ring is 1. The van der Waals surface area contributed by atoms with Crippen molar-refractivity contribution in [3.63, 3.8) is 0 Å². The molecule has 122 valence electrons. The Morgan fingerprint density at radius 1 is 0.880 bits per heavy atom. The minimum Gasteiger partial charge on any atom is -0.390 e. The Labute approximate surface area is 158 Å². The number of carbonyl (C=O) groups is 1. The van der Waals surface area contributed by atoms with Crippen LogP contribution in [-0.4, -0.2) is 5.78 Å². The van der Waals surface area contributed by atoms with E-state index in [0.717, 1.165) is 20.3 Å². The number of fused-ring (bicyclic) bond motifs is 1. The third kappa shape index (κ3) is 2.88. The van der Waals surface area contributed by atoms with Gasteiger partial charge in [0.15, 0.2) is 5.78 Å². The van der Waals surface area contributed by atoms with E-state index >= 15 is 0 Å². The van der Waals surface area contributed by atoms with Gasteiger partial charge < -0.3 is 5.73 Å². The molecule has 0 spiro atoms. The Morgan fingerprint density at radius 2 is 1.56 bits per heavy atom. The van der Waals surface area contributed by atoms with Crippen LogP contribution in [0.5, 0.6) is 0 Å². The van der Waals surface area contributed by atoms with Gasteiger partial charge in [0.1, 0.15) is 0 Å². The fraction of sp³-hybridized carbons (Fsp3) is 0. The van der Waals surface area contributed by atoms with Crippen molar-refractivity contribution in [1.82, 2.24) is 0 Å². The predicted octanol–water partition coefficient (Wildman–Crippen LogP) is 6.14. The van der Waals surface area contributed by atoms with Crippen molar-refractivity contribution in [3.8, 4) is 11.1 Å². The van der Waals surface area contributed by atoms with Crippen LogP contribution in [0.1, 0.15) is 15.9 Å². The molecule has 0 atom stereocenters. The smallest absolute Gasteiger partial charge is 0.196 e. The molecule has 1 aromatic heterocycles. The third-order valence-corrected chi connectivity index (χ3v) is 5.88. The number of carbonyl (C=O) groups excluding carboxylic acids is 1. The molecular formula is C21H14BrNOS. The molecule has 2 nitrogen and oxygen atoms in total. The summed E-state index contributed by atoms with van der Waals surface area (Å²) in [7, 11) is 0. The number of hydrogen-bond acceptors (Lipinski definition) is 3. The van der Waals surface area contributed by atoms with Crippen LogP contribution in [0.4, 0.5) is 5.00 Å². The standard InChI is InChI=1S/C21H14BrNOS/c22-20-17(16-11-10-13-6-4-5-9-15(13)12-16)18(21(23)25-20)19(24)14-7-2-1-3-8-14/h1-12H,23H2. The molecule has 4 rings (SSSR count). The maximum absolute atomic E-state index is 13.0. The summed E-state index contributed by atoms with van der Waals surface area (Å²) in [4.78, 5) is 13.0. The number of halogens is 1. The van der Waals surface area contributed by atoms with E-state index in [0.29, 0.717) is 16.1 Å². The van der Waals surface area contributed by atoms with Crippen LogP contribution < -0.4 is 5.73 Å². The van der Waals surface area contributed by atoms with Crippen molar-refractivity contribution < 1.29 is 4.79 Å². The van der Waals surface area contributed by atoms with Gasteiger partial charge in [0.25, 0.3) is 0 Å². The van der Waals surface area contributed by atoms with Crippen molar-refractivity contribution in [2.75, 3.05) is 5.73 Å². The molecule has 0 bridgehead atoms. The molecule has 0 radical (unpaired) electrons. The van der Waals surface area contributed by atoms with Gasteiger partial charge in [-0.2, -0.15) is 0 Å². The normalized spacial score (nSPS) is 10.9. The molecule has 0 aliphatic heterocycles. The van der Waals surface area contributed by atoms with E-state index in [-0.39, 0.29) is 5.78 Å². The van der Waals surface area contributed by atoms with Gasteiger partial charge in [-0.1, -0.05) is 66.7 Å². The Balaban J connectivity index is 1.91. The topological polar surface area (TPSA) is 43.1 Å². The number of anilines is 1. The van der Waals surface area contributed by atoms with E-state index in [4.69, 9.17) is 5.73 Å². The number of nitrogens with two attached hydrogens (primary N) is 1. The van der Waals surface area contributed by atoms with E-state index in [1.54, 1.807) is 0 Å². The van der Waals surface area contributed by atoms with E-state index in [1.165, 1.54) is 16.7 Å². The first-order valence-electron chi connectivity index (χ1n) is 7.82. The van der Waals surface area contributed by atoms with Crippen LogP contribution in [-0.2, 0) is 0 Å². The van der Waals surface area contributed by atoms with Gasteiger partial charge in [-0.3, -0.25) is 4.79 Å². The highest BCUT2D eigenvalue weighted by atomic mass is 79.9. The summed E-state index contributed by atoms with van der Waals surface area (Å²) in [6.45, 7) is 0. The fourth-order valence-corrected chi connectivity index (χ4v) is 4.74. The van der Waals surface area contributed by atoms with Crippen molar-refractivity contribution in [2.45, 2.75) is 0 Å². The fourth-order valence-electron chi connectivity index (χ4n) is 2.98. The summed E-state index contributed by atoms with van der Waals surface area (Å²) in [5.41, 5.74) is 9.25. The van der Waals surface area contributed by atoms with E-state index < -0.39 is 0 Å². The summed E-state index contributed by atoms with van der Waals surface area (Å²) in [6.07, 6.45) is 0. The molecule has 0 aliphatic rings. The maximum atomic E-state index is 13.0. The molecule has 25 heavy (non-hydrogen) atoms. The quantitative estimate of drug-likeness (QED) is 0.414. The SMILES string of the molecule is Nc1sc(Br)c(-c2ccc3ccccc3c2)c1C(=O)c1ccccc1. The van der Waals surface area contributed by atoms with Gasteiger partial charge >= 0.3 is 0 Å². The average Bonchev–Trinajstić information content (AvgIpc) is 2.95. The Morgan fingerprint density at radius 3 is 2.32 bits per heavy atom. The van der Waals surface area contributed by atoms with E-state index in [1.807, 2.05) is 48.5 Å². The van der Waals surface area contributed by atoms with Gasteiger partial charge in [0, 0.05) is 11.1 Å². The van der Waals surface area contributed by atoms with Crippen LogP contribution in [0.3, 0.4) is 0 Å². The number of benzene rings is 3. The van der Waals surface area contributed by atoms with E-state index in [2.05, 4.69) is 40.2 Å². The number of ketones is 1. The highest BCUT2D eigenvalue weighted by Crippen LogP contribution is 2.43. The minimum absolute atomic E-state index is 0.0526. The van der Waals surface area contributed by atoms with Gasteiger partial charge in [0.2, 0.25) is 0 Å². The summed E-state index contributed by atoms with van der Waals surface area (Å²) >= 11 is 4.99. The molecule has 0 unspecified atom stereocenters. The molecule has 0 fully saturated rings. The van der Waals surface area contributed by atoms with Crippen molar-refractivity contribution in [1.29, 1.82) is 0 Å². The second-order valence-corrected chi connectivity index (χ2v) is 8.12. The van der Waals surface area contributed by atoms with Crippen LogP contribution in [0, 0.1) is 0 Å². The highest BCUT2D eigenvalue weighted by molar-refractivity contribution is 9.11. The van der Waals surface area contributed by atoms with Gasteiger partial charge in [-0.25, -0.2) is 0 Å². The number of thiophene rings is 1. The number of hydrogen-bond donors (Lipinski definition) is 1. The van der Waals surface area contributed by atoms with E-state index in [9.17, 15) is 4.79 Å². The first kappa shape index (κ1) is 16.1. The first-order valence-corrected chi connectivity index (χ1v) is 9.43. The van der Waals surface area contributed by atoms with Gasteiger partial charge in [0.05, 0.1) is 14.4 Å². The molecule has 4 aromatic rings. The van der Waals surface area contributed by atoms with Crippen molar-refractivity contribution >= 4 is 48.8 Å². The summed E-state index contributed by atoms with van der Waals surface area (Å²) in [5, 5.41) is 2.83. The molecule has 1 heterocycles. The Hall–Kier alpha value is -2.43. The minimum atomic E-state index is -0.0526. The van der Waals surface area contributed by atoms with Crippen LogP contribution >= 0.6 is 27.3 Å². The Kier molecular flexibility index (Phi) is 4.15. The van der Waals surface area contributed by atoms with Crippen LogP contribution in [0.15, 0.2) is 76.6 Å². The van der Waals surface area contributed by atoms with Crippen LogP contribution in [0.25, 0.3) is 21.9 Å². The zero-order chi connectivity index (χ0) is 17.4. The van der Waals surface area contributed by atoms with Crippen molar-refractivity contribution in [3.05, 3.63) is 87.7 Å². The summed E-state index contributed by atoms with van der Waals surface area (Å²) < 4.78 is 0.875. The zero-order valence-electron chi connectivity index (χ0n) is 13.2. The molecular weight excluding hydrogens is 394 g/mol. The lowest BCUT2D eigenvalue weighted by atomic mass is 9.96. The summed E-state index contributed by atoms with van der Waals surface area (Å²) in [6, 6.07) is 23.6. The first-order chi connectivity index (χ1) is 12.1. The second kappa shape index (κ2) is 6.47. The average molecular weight is 408 g/mol. The lowest BCUT2D eigenvalue weighted by molar-refractivity contribution is 0.104. The molecule has 0 aliphatic carbocycles. The molecule has 0 saturated heterocycles. The molecule has 3 aromatic carbocycles. The van der Waals surface area contributed by atoms with Gasteiger partial charge in [-0.05, 0) is 38.3 Å². The molecule has 0 amide bonds. The van der Waals surface area contributed by atoms with Crippen LogP contribution in [0.2, 0.25) is 0 Å². The second-order valence-electron chi connectivity index (χ2n) is 5.75. The predicted molar refractivity (Wildman–Crippen MR) is 109 cm³/mol. The molecule has 2 N–H and O–H groups in total. The monoisotopic (exact) mass is 407 g/mol. The largest absolute Gasteiger partial charge is 0.390 e. The van der Waals surface area contributed by atoms with Gasteiger partial charge in [-0.15, -0.1) is 11.3 Å². The highest BCUT2D eigenvalue weighted by Gasteiger charge is 2.23. The number of rotatable bonds is 3. The molecule has 0 saturated carbocycles. The molecule has 4 heteroatoms. The summed E-state index contributed by atoms with van der Waals surface area (Å²) in [5.74, 6) is -0.0526. The van der Waals surface area contributed by atoms with Crippen molar-refractivity contribution in [2.24, 2.45) is 0 Å². The third-order valence-electron chi connectivity index (χ3n) is 4.19.